The van der Waals surface area contributed by atoms with Crippen LogP contribution < -0.4 is 5.73 Å². The van der Waals surface area contributed by atoms with Crippen LogP contribution in [0.25, 0.3) is 0 Å². The third-order valence-electron chi connectivity index (χ3n) is 3.03. The molecule has 1 atom stereocenters. The smallest absolute Gasteiger partial charge is 0.0629 e. The van der Waals surface area contributed by atoms with Crippen LogP contribution in [-0.2, 0) is 6.42 Å². The Morgan fingerprint density at radius 3 is 2.86 bits per heavy atom. The molecule has 0 radical (unpaired) electrons. The Kier molecular flexibility index (Phi) is 2.35. The molecule has 0 aliphatic heterocycles. The molecule has 1 unspecified atom stereocenters. The summed E-state index contributed by atoms with van der Waals surface area (Å²) in [7, 11) is 0. The molecule has 1 aliphatic carbocycles. The van der Waals surface area contributed by atoms with E-state index >= 15 is 0 Å². The summed E-state index contributed by atoms with van der Waals surface area (Å²) in [6.45, 7) is 6.41. The van der Waals surface area contributed by atoms with E-state index in [0.717, 1.165) is 12.8 Å². The lowest BCUT2D eigenvalue weighted by molar-refractivity contribution is 0.456. The lowest BCUT2D eigenvalue weighted by Crippen LogP contribution is -2.22. The van der Waals surface area contributed by atoms with E-state index in [1.54, 1.807) is 0 Å². The van der Waals surface area contributed by atoms with Crippen LogP contribution >= 0.6 is 0 Å². The molecule has 3 nitrogen and oxygen atoms in total. The second kappa shape index (κ2) is 3.39. The average Bonchev–Trinajstić information content (AvgIpc) is 2.46. The molecule has 0 amide bonds. The Morgan fingerprint density at radius 2 is 2.21 bits per heavy atom. The summed E-state index contributed by atoms with van der Waals surface area (Å²) < 4.78 is 2.11. The Hall–Kier alpha value is -0.830. The van der Waals surface area contributed by atoms with Gasteiger partial charge < -0.3 is 5.73 Å². The molecule has 2 N–H and O–H groups in total. The number of hydrogen-bond donors (Lipinski definition) is 1. The van der Waals surface area contributed by atoms with Crippen molar-refractivity contribution in [3.8, 4) is 0 Å². The SMILES string of the molecule is Cc1nn(C(C)C)c2c1CCCC2N. The highest BCUT2D eigenvalue weighted by atomic mass is 15.3. The molecule has 0 saturated heterocycles. The minimum atomic E-state index is 0.197. The number of aromatic nitrogens is 2. The van der Waals surface area contributed by atoms with Crippen molar-refractivity contribution in [3.63, 3.8) is 0 Å². The van der Waals surface area contributed by atoms with Gasteiger partial charge in [0.15, 0.2) is 0 Å². The fraction of sp³-hybridized carbons (Fsp3) is 0.727. The van der Waals surface area contributed by atoms with Crippen molar-refractivity contribution in [2.24, 2.45) is 5.73 Å². The number of nitrogens with zero attached hydrogens (tertiary/aromatic N) is 2. The largest absolute Gasteiger partial charge is 0.323 e. The van der Waals surface area contributed by atoms with Gasteiger partial charge in [-0.05, 0) is 45.6 Å². The number of aryl methyl sites for hydroxylation is 1. The first-order valence-electron chi connectivity index (χ1n) is 5.44. The van der Waals surface area contributed by atoms with E-state index < -0.39 is 0 Å². The Bertz CT molecular complexity index is 339. The fourth-order valence-corrected chi connectivity index (χ4v) is 2.33. The molecule has 0 aromatic carbocycles. The van der Waals surface area contributed by atoms with Gasteiger partial charge in [-0.3, -0.25) is 4.68 Å². The van der Waals surface area contributed by atoms with Gasteiger partial charge in [0, 0.05) is 12.1 Å². The van der Waals surface area contributed by atoms with E-state index in [0.29, 0.717) is 6.04 Å². The first-order chi connectivity index (χ1) is 6.61. The van der Waals surface area contributed by atoms with Crippen LogP contribution in [0.2, 0.25) is 0 Å². The summed E-state index contributed by atoms with van der Waals surface area (Å²) in [6.07, 6.45) is 3.46. The molecule has 2 rings (SSSR count). The molecule has 1 aliphatic rings. The molecular formula is C11H19N3. The second-order valence-electron chi connectivity index (χ2n) is 4.49. The maximum Gasteiger partial charge on any atom is 0.0629 e. The first kappa shape index (κ1) is 9.71. The van der Waals surface area contributed by atoms with Crippen LogP contribution in [0.4, 0.5) is 0 Å². The second-order valence-corrected chi connectivity index (χ2v) is 4.49. The van der Waals surface area contributed by atoms with E-state index in [2.05, 4.69) is 30.6 Å². The van der Waals surface area contributed by atoms with Crippen molar-refractivity contribution < 1.29 is 0 Å². The highest BCUT2D eigenvalue weighted by molar-refractivity contribution is 5.30. The Morgan fingerprint density at radius 1 is 1.50 bits per heavy atom. The lowest BCUT2D eigenvalue weighted by atomic mass is 9.92. The lowest BCUT2D eigenvalue weighted by Gasteiger charge is -2.22. The summed E-state index contributed by atoms with van der Waals surface area (Å²) in [6, 6.07) is 0.615. The Balaban J connectivity index is 2.53. The average molecular weight is 193 g/mol. The maximum atomic E-state index is 6.14. The summed E-state index contributed by atoms with van der Waals surface area (Å²) in [5, 5.41) is 4.58. The zero-order valence-electron chi connectivity index (χ0n) is 9.25. The Labute approximate surface area is 85.3 Å². The maximum absolute atomic E-state index is 6.14. The summed E-state index contributed by atoms with van der Waals surface area (Å²) in [5.74, 6) is 0. The molecule has 1 heterocycles. The van der Waals surface area contributed by atoms with Gasteiger partial charge in [0.05, 0.1) is 11.4 Å². The molecule has 0 bridgehead atoms. The fourth-order valence-electron chi connectivity index (χ4n) is 2.33. The van der Waals surface area contributed by atoms with Gasteiger partial charge >= 0.3 is 0 Å². The topological polar surface area (TPSA) is 43.8 Å². The molecule has 0 spiro atoms. The van der Waals surface area contributed by atoms with Gasteiger partial charge in [0.25, 0.3) is 0 Å². The normalized spacial score (nSPS) is 21.4. The number of rotatable bonds is 1. The van der Waals surface area contributed by atoms with Gasteiger partial charge in [0.2, 0.25) is 0 Å². The van der Waals surface area contributed by atoms with E-state index in [1.165, 1.54) is 23.4 Å². The molecular weight excluding hydrogens is 174 g/mol. The van der Waals surface area contributed by atoms with E-state index in [-0.39, 0.29) is 6.04 Å². The number of fused-ring (bicyclic) bond motifs is 1. The minimum Gasteiger partial charge on any atom is -0.323 e. The third kappa shape index (κ3) is 1.36. The summed E-state index contributed by atoms with van der Waals surface area (Å²) in [4.78, 5) is 0. The minimum absolute atomic E-state index is 0.197. The molecule has 0 fully saturated rings. The van der Waals surface area contributed by atoms with Gasteiger partial charge in [-0.1, -0.05) is 0 Å². The summed E-state index contributed by atoms with van der Waals surface area (Å²) >= 11 is 0. The van der Waals surface area contributed by atoms with Crippen molar-refractivity contribution in [3.05, 3.63) is 17.0 Å². The number of nitrogens with two attached hydrogens (primary N) is 1. The highest BCUT2D eigenvalue weighted by Crippen LogP contribution is 2.31. The zero-order valence-corrected chi connectivity index (χ0v) is 9.25. The van der Waals surface area contributed by atoms with Crippen LogP contribution in [-0.4, -0.2) is 9.78 Å². The predicted molar refractivity (Wildman–Crippen MR) is 57.2 cm³/mol. The monoisotopic (exact) mass is 193 g/mol. The third-order valence-corrected chi connectivity index (χ3v) is 3.03. The molecule has 78 valence electrons. The van der Waals surface area contributed by atoms with Crippen LogP contribution in [0, 0.1) is 6.92 Å². The predicted octanol–water partition coefficient (Wildman–Crippen LogP) is 2.11. The molecule has 0 saturated carbocycles. The van der Waals surface area contributed by atoms with Crippen LogP contribution in [0.1, 0.15) is 55.7 Å². The highest BCUT2D eigenvalue weighted by Gasteiger charge is 2.25. The molecule has 14 heavy (non-hydrogen) atoms. The molecule has 1 aromatic heterocycles. The van der Waals surface area contributed by atoms with Gasteiger partial charge in [-0.25, -0.2) is 0 Å². The molecule has 3 heteroatoms. The van der Waals surface area contributed by atoms with Gasteiger partial charge in [0.1, 0.15) is 0 Å². The van der Waals surface area contributed by atoms with Crippen molar-refractivity contribution in [1.29, 1.82) is 0 Å². The first-order valence-corrected chi connectivity index (χ1v) is 5.44. The van der Waals surface area contributed by atoms with Crippen molar-refractivity contribution >= 4 is 0 Å². The standard InChI is InChI=1S/C11H19N3/c1-7(2)14-11-9(8(3)13-14)5-4-6-10(11)12/h7,10H,4-6,12H2,1-3H3. The van der Waals surface area contributed by atoms with Crippen molar-refractivity contribution in [2.75, 3.05) is 0 Å². The van der Waals surface area contributed by atoms with E-state index in [9.17, 15) is 0 Å². The summed E-state index contributed by atoms with van der Waals surface area (Å²) in [5.41, 5.74) is 9.99. The van der Waals surface area contributed by atoms with E-state index in [1.807, 2.05) is 0 Å². The van der Waals surface area contributed by atoms with Crippen molar-refractivity contribution in [2.45, 2.75) is 52.1 Å². The van der Waals surface area contributed by atoms with Crippen LogP contribution in [0.15, 0.2) is 0 Å². The zero-order chi connectivity index (χ0) is 10.3. The van der Waals surface area contributed by atoms with Crippen molar-refractivity contribution in [1.82, 2.24) is 9.78 Å². The van der Waals surface area contributed by atoms with Gasteiger partial charge in [-0.15, -0.1) is 0 Å². The van der Waals surface area contributed by atoms with Gasteiger partial charge in [-0.2, -0.15) is 5.10 Å². The van der Waals surface area contributed by atoms with E-state index in [4.69, 9.17) is 5.73 Å². The van der Waals surface area contributed by atoms with Crippen LogP contribution in [0.5, 0.6) is 0 Å². The quantitative estimate of drug-likeness (QED) is 0.742. The van der Waals surface area contributed by atoms with Crippen LogP contribution in [0.3, 0.4) is 0 Å². The number of hydrogen-bond acceptors (Lipinski definition) is 2. The molecule has 1 aromatic rings.